The van der Waals surface area contributed by atoms with Gasteiger partial charge in [-0.15, -0.1) is 11.8 Å². The molecule has 2 rings (SSSR count). The van der Waals surface area contributed by atoms with Gasteiger partial charge >= 0.3 is 0 Å². The van der Waals surface area contributed by atoms with Crippen LogP contribution in [0, 0.1) is 5.92 Å². The lowest BCUT2D eigenvalue weighted by Crippen LogP contribution is -2.32. The smallest absolute Gasteiger partial charge is 0.190 e. The lowest BCUT2D eigenvalue weighted by molar-refractivity contribution is -0.111. The molecule has 0 aromatic carbocycles. The quantitative estimate of drug-likeness (QED) is 0.793. The summed E-state index contributed by atoms with van der Waals surface area (Å²) in [5.41, 5.74) is 7.37. The maximum absolute atomic E-state index is 11.5. The Bertz CT molecular complexity index is 362. The van der Waals surface area contributed by atoms with Crippen LogP contribution < -0.4 is 5.73 Å². The summed E-state index contributed by atoms with van der Waals surface area (Å²) < 4.78 is 0. The lowest BCUT2D eigenvalue weighted by atomic mass is 9.93. The van der Waals surface area contributed by atoms with E-state index < -0.39 is 0 Å². The van der Waals surface area contributed by atoms with Crippen LogP contribution in [0.25, 0.3) is 0 Å². The van der Waals surface area contributed by atoms with Gasteiger partial charge in [0.2, 0.25) is 0 Å². The number of nitrogens with zero attached hydrogens (tertiary/aromatic N) is 2. The van der Waals surface area contributed by atoms with Crippen LogP contribution in [0.3, 0.4) is 0 Å². The van der Waals surface area contributed by atoms with Crippen molar-refractivity contribution in [3.63, 3.8) is 0 Å². The molecule has 2 aliphatic rings. The largest absolute Gasteiger partial charge is 0.380 e. The van der Waals surface area contributed by atoms with E-state index in [-0.39, 0.29) is 17.7 Å². The molecule has 0 fully saturated rings. The van der Waals surface area contributed by atoms with E-state index in [0.29, 0.717) is 11.6 Å². The predicted octanol–water partition coefficient (Wildman–Crippen LogP) is 0.841. The molecule has 2 atom stereocenters. The first kappa shape index (κ1) is 11.7. The fourth-order valence-electron chi connectivity index (χ4n) is 2.16. The molecule has 0 aromatic rings. The summed E-state index contributed by atoms with van der Waals surface area (Å²) in [7, 11) is 4.11. The Labute approximate surface area is 100.0 Å². The number of aliphatic imine (C=N–C) groups is 1. The Kier molecular flexibility index (Phi) is 3.35. The third kappa shape index (κ3) is 2.01. The highest BCUT2D eigenvalue weighted by Crippen LogP contribution is 2.42. The zero-order valence-corrected chi connectivity index (χ0v) is 10.5. The topological polar surface area (TPSA) is 58.7 Å². The van der Waals surface area contributed by atoms with Crippen molar-refractivity contribution in [1.29, 1.82) is 0 Å². The van der Waals surface area contributed by atoms with Crippen LogP contribution in [0.15, 0.2) is 16.1 Å². The number of hydrogen-bond acceptors (Lipinski definition) is 5. The van der Waals surface area contributed by atoms with Crippen LogP contribution in [-0.2, 0) is 4.79 Å². The highest BCUT2D eigenvalue weighted by atomic mass is 32.2. The number of hydrogen-bond donors (Lipinski definition) is 1. The molecule has 4 nitrogen and oxygen atoms in total. The summed E-state index contributed by atoms with van der Waals surface area (Å²) in [6.07, 6.45) is 1.77. The maximum atomic E-state index is 11.5. The average Bonchev–Trinajstić information content (AvgIpc) is 2.70. The van der Waals surface area contributed by atoms with Gasteiger partial charge in [0.25, 0.3) is 0 Å². The van der Waals surface area contributed by atoms with Crippen LogP contribution in [0.5, 0.6) is 0 Å². The van der Waals surface area contributed by atoms with Gasteiger partial charge in [0, 0.05) is 25.7 Å². The molecule has 0 amide bonds. The monoisotopic (exact) mass is 239 g/mol. The molecule has 16 heavy (non-hydrogen) atoms. The van der Waals surface area contributed by atoms with Gasteiger partial charge in [-0.05, 0) is 18.2 Å². The fraction of sp³-hybridized carbons (Fsp3) is 0.636. The number of thioether (sulfide) groups is 1. The Morgan fingerprint density at radius 1 is 1.69 bits per heavy atom. The van der Waals surface area contributed by atoms with Gasteiger partial charge < -0.3 is 10.6 Å². The van der Waals surface area contributed by atoms with E-state index in [2.05, 4.69) is 29.4 Å². The van der Waals surface area contributed by atoms with E-state index in [1.54, 1.807) is 11.8 Å². The summed E-state index contributed by atoms with van der Waals surface area (Å²) in [6.45, 7) is 0.0782. The zero-order chi connectivity index (χ0) is 11.7. The van der Waals surface area contributed by atoms with Crippen LogP contribution in [-0.4, -0.2) is 42.4 Å². The fourth-order valence-corrected chi connectivity index (χ4v) is 3.47. The second-order valence-electron chi connectivity index (χ2n) is 4.31. The van der Waals surface area contributed by atoms with Gasteiger partial charge in [-0.2, -0.15) is 0 Å². The molecule has 0 radical (unpaired) electrons. The number of nitrogens with two attached hydrogens (primary N) is 1. The number of carbonyl (C=O) groups is 1. The minimum absolute atomic E-state index is 0.00245. The van der Waals surface area contributed by atoms with E-state index in [0.717, 1.165) is 12.8 Å². The van der Waals surface area contributed by atoms with Crippen LogP contribution in [0.4, 0.5) is 0 Å². The molecular weight excluding hydrogens is 222 g/mol. The highest BCUT2D eigenvalue weighted by molar-refractivity contribution is 8.03. The van der Waals surface area contributed by atoms with E-state index in [1.165, 1.54) is 5.70 Å². The summed E-state index contributed by atoms with van der Waals surface area (Å²) >= 11 is 1.71. The van der Waals surface area contributed by atoms with E-state index in [4.69, 9.17) is 5.73 Å². The van der Waals surface area contributed by atoms with Crippen molar-refractivity contribution >= 4 is 23.3 Å². The molecular formula is C11H17N3OS. The second-order valence-corrected chi connectivity index (χ2v) is 5.30. The SMILES string of the molecule is CN(C)C1=CSC2N=C(C(=O)CN)CCC12. The summed E-state index contributed by atoms with van der Waals surface area (Å²) in [5.74, 6) is 0.465. The number of fused-ring (bicyclic) bond motifs is 1. The normalized spacial score (nSPS) is 28.2. The molecule has 2 N–H and O–H groups in total. The first-order valence-corrected chi connectivity index (χ1v) is 6.40. The lowest BCUT2D eigenvalue weighted by Gasteiger charge is -2.28. The van der Waals surface area contributed by atoms with Gasteiger partial charge in [0.05, 0.1) is 12.3 Å². The molecule has 0 saturated carbocycles. The Morgan fingerprint density at radius 2 is 2.44 bits per heavy atom. The molecule has 2 aliphatic heterocycles. The molecule has 5 heteroatoms. The average molecular weight is 239 g/mol. The van der Waals surface area contributed by atoms with Crippen LogP contribution in [0.1, 0.15) is 12.8 Å². The van der Waals surface area contributed by atoms with Crippen LogP contribution in [0.2, 0.25) is 0 Å². The molecule has 0 saturated heterocycles. The van der Waals surface area contributed by atoms with Gasteiger partial charge in [0.15, 0.2) is 5.78 Å². The van der Waals surface area contributed by atoms with Gasteiger partial charge in [-0.1, -0.05) is 0 Å². The first-order valence-electron chi connectivity index (χ1n) is 5.46. The standard InChI is InChI=1S/C11H17N3OS/c1-14(2)9-6-16-11-7(9)3-4-8(13-11)10(15)5-12/h6-7,11H,3-5,12H2,1-2H3. The first-order chi connectivity index (χ1) is 7.63. The minimum atomic E-state index is -0.00245. The predicted molar refractivity (Wildman–Crippen MR) is 67.4 cm³/mol. The van der Waals surface area contributed by atoms with E-state index in [1.807, 2.05) is 0 Å². The summed E-state index contributed by atoms with van der Waals surface area (Å²) in [6, 6.07) is 0. The number of Topliss-reactive ketones (excluding diaryl/α,β-unsaturated/α-hetero) is 1. The van der Waals surface area contributed by atoms with E-state index >= 15 is 0 Å². The highest BCUT2D eigenvalue weighted by Gasteiger charge is 2.35. The zero-order valence-electron chi connectivity index (χ0n) is 9.64. The number of carbonyl (C=O) groups excluding carboxylic acids is 1. The van der Waals surface area contributed by atoms with Gasteiger partial charge in [-0.3, -0.25) is 9.79 Å². The van der Waals surface area contributed by atoms with Crippen LogP contribution >= 0.6 is 11.8 Å². The maximum Gasteiger partial charge on any atom is 0.190 e. The van der Waals surface area contributed by atoms with Crippen molar-refractivity contribution in [2.75, 3.05) is 20.6 Å². The number of rotatable bonds is 3. The van der Waals surface area contributed by atoms with Gasteiger partial charge in [-0.25, -0.2) is 0 Å². The Morgan fingerprint density at radius 3 is 3.06 bits per heavy atom. The van der Waals surface area contributed by atoms with Crippen molar-refractivity contribution in [2.24, 2.45) is 16.6 Å². The molecule has 0 bridgehead atoms. The molecule has 88 valence electrons. The van der Waals surface area contributed by atoms with Crippen molar-refractivity contribution in [2.45, 2.75) is 18.2 Å². The Hall–Kier alpha value is -0.810. The third-order valence-electron chi connectivity index (χ3n) is 3.05. The van der Waals surface area contributed by atoms with Gasteiger partial charge in [0.1, 0.15) is 5.37 Å². The summed E-state index contributed by atoms with van der Waals surface area (Å²) in [4.78, 5) is 18.1. The molecule has 0 aliphatic carbocycles. The van der Waals surface area contributed by atoms with Crippen molar-refractivity contribution in [3.05, 3.63) is 11.1 Å². The second kappa shape index (κ2) is 4.59. The molecule has 0 spiro atoms. The minimum Gasteiger partial charge on any atom is -0.380 e. The molecule has 0 aromatic heterocycles. The molecule has 2 unspecified atom stereocenters. The van der Waals surface area contributed by atoms with Crippen molar-refractivity contribution < 1.29 is 4.79 Å². The summed E-state index contributed by atoms with van der Waals surface area (Å²) in [5, 5.41) is 2.35. The number of ketones is 1. The molecule has 2 heterocycles. The van der Waals surface area contributed by atoms with Crippen molar-refractivity contribution in [1.82, 2.24) is 4.90 Å². The van der Waals surface area contributed by atoms with Crippen molar-refractivity contribution in [3.8, 4) is 0 Å². The third-order valence-corrected chi connectivity index (χ3v) is 4.14. The van der Waals surface area contributed by atoms with E-state index in [9.17, 15) is 4.79 Å². The Balaban J connectivity index is 2.12.